The summed E-state index contributed by atoms with van der Waals surface area (Å²) in [5, 5.41) is 14.4. The second kappa shape index (κ2) is 20.6. The first kappa shape index (κ1) is 44.0. The van der Waals surface area contributed by atoms with Gasteiger partial charge < -0.3 is 38.8 Å². The van der Waals surface area contributed by atoms with E-state index in [9.17, 15) is 13.5 Å². The first-order valence-corrected chi connectivity index (χ1v) is 17.6. The molecule has 1 saturated heterocycles. The fraction of sp³-hybridized carbons (Fsp3) is 0.400. The molecule has 13 nitrogen and oxygen atoms in total. The van der Waals surface area contributed by atoms with Gasteiger partial charge in [0.2, 0.25) is 11.9 Å². The summed E-state index contributed by atoms with van der Waals surface area (Å²) in [6.07, 6.45) is 9.15. The predicted octanol–water partition coefficient (Wildman–Crippen LogP) is 7.54. The predicted molar refractivity (Wildman–Crippen MR) is 214 cm³/mol. The van der Waals surface area contributed by atoms with E-state index in [4.69, 9.17) is 15.0 Å². The summed E-state index contributed by atoms with van der Waals surface area (Å²) in [4.78, 5) is 16.9. The fourth-order valence-electron chi connectivity index (χ4n) is 6.02. The quantitative estimate of drug-likeness (QED) is 0.105. The van der Waals surface area contributed by atoms with Crippen molar-refractivity contribution in [2.24, 2.45) is 5.73 Å². The van der Waals surface area contributed by atoms with E-state index in [0.717, 1.165) is 55.7 Å². The Morgan fingerprint density at radius 1 is 0.880 bits per heavy atom. The van der Waals surface area contributed by atoms with E-state index in [1.165, 1.54) is 43.1 Å². The molecule has 12 N–H and O–H groups in total. The van der Waals surface area contributed by atoms with Crippen molar-refractivity contribution in [3.05, 3.63) is 89.7 Å². The number of piperidine rings is 1. The molecule has 0 amide bonds. The lowest BCUT2D eigenvalue weighted by Crippen LogP contribution is -2.32. The SMILES string of the molecule is CN.Cc1ccc(S(=O)(=O)N(Cc2ccccc2)c2ccc(Nc3nc(C4CCCCC4)nc(N4CCCCC4)n3)c(O)c2)cc1.Cl.N.N.O.[HH].[HH].[HH].[HH]. The number of rotatable bonds is 9. The maximum Gasteiger partial charge on any atom is 0.264 e. The number of aromatic nitrogens is 3. The van der Waals surface area contributed by atoms with Crippen molar-refractivity contribution in [3.63, 3.8) is 0 Å². The van der Waals surface area contributed by atoms with Crippen LogP contribution in [-0.4, -0.2) is 54.1 Å². The van der Waals surface area contributed by atoms with Crippen LogP contribution in [0.1, 0.15) is 79.9 Å². The average Bonchev–Trinajstić information content (AvgIpc) is 3.10. The summed E-state index contributed by atoms with van der Waals surface area (Å²) in [5.41, 5.74) is 7.05. The third-order valence-electron chi connectivity index (χ3n) is 8.54. The molecular formula is C35H62ClN9O4S. The van der Waals surface area contributed by atoms with Crippen LogP contribution in [0.4, 0.5) is 23.3 Å². The van der Waals surface area contributed by atoms with Crippen molar-refractivity contribution >= 4 is 45.7 Å². The summed E-state index contributed by atoms with van der Waals surface area (Å²) in [6.45, 7) is 3.86. The molecule has 2 heterocycles. The van der Waals surface area contributed by atoms with Crippen LogP contribution >= 0.6 is 12.4 Å². The number of nitrogens with one attached hydrogen (secondary N) is 1. The number of aromatic hydroxyl groups is 1. The first-order chi connectivity index (χ1) is 22.4. The van der Waals surface area contributed by atoms with Crippen molar-refractivity contribution < 1.29 is 24.7 Å². The van der Waals surface area contributed by atoms with Gasteiger partial charge in [-0.2, -0.15) is 15.0 Å². The number of halogens is 1. The highest BCUT2D eigenvalue weighted by molar-refractivity contribution is 7.92. The molecule has 3 aromatic carbocycles. The maximum absolute atomic E-state index is 13.9. The number of hydrogen-bond donors (Lipinski definition) is 5. The topological polar surface area (TPSA) is 239 Å². The van der Waals surface area contributed by atoms with E-state index >= 15 is 0 Å². The van der Waals surface area contributed by atoms with Crippen molar-refractivity contribution in [2.75, 3.05) is 34.7 Å². The minimum Gasteiger partial charge on any atom is -0.506 e. The zero-order valence-electron chi connectivity index (χ0n) is 29.1. The monoisotopic (exact) mass is 739 g/mol. The van der Waals surface area contributed by atoms with Crippen LogP contribution in [0.5, 0.6) is 5.75 Å². The molecule has 2 fully saturated rings. The second-order valence-electron chi connectivity index (χ2n) is 11.8. The summed E-state index contributed by atoms with van der Waals surface area (Å²) >= 11 is 0. The highest BCUT2D eigenvalue weighted by atomic mass is 35.5. The van der Waals surface area contributed by atoms with Gasteiger partial charge in [0.1, 0.15) is 11.6 Å². The van der Waals surface area contributed by atoms with E-state index in [2.05, 4.69) is 16.0 Å². The molecule has 50 heavy (non-hydrogen) atoms. The zero-order valence-corrected chi connectivity index (χ0v) is 30.7. The summed E-state index contributed by atoms with van der Waals surface area (Å²) in [5.74, 6) is 2.07. The lowest BCUT2D eigenvalue weighted by atomic mass is 9.89. The molecule has 2 aliphatic rings. The van der Waals surface area contributed by atoms with Gasteiger partial charge in [0.05, 0.1) is 22.8 Å². The summed E-state index contributed by atoms with van der Waals surface area (Å²) in [7, 11) is -2.43. The van der Waals surface area contributed by atoms with Crippen LogP contribution in [0.3, 0.4) is 0 Å². The maximum atomic E-state index is 13.9. The largest absolute Gasteiger partial charge is 0.506 e. The van der Waals surface area contributed by atoms with E-state index in [0.29, 0.717) is 29.2 Å². The number of nitrogens with two attached hydrogens (primary N) is 1. The highest BCUT2D eigenvalue weighted by Crippen LogP contribution is 2.36. The number of nitrogens with zero attached hydrogens (tertiary/aromatic N) is 5. The van der Waals surface area contributed by atoms with E-state index in [1.807, 2.05) is 37.3 Å². The van der Waals surface area contributed by atoms with Gasteiger partial charge >= 0.3 is 0 Å². The van der Waals surface area contributed by atoms with Crippen LogP contribution in [0, 0.1) is 6.92 Å². The lowest BCUT2D eigenvalue weighted by Gasteiger charge is -2.28. The Morgan fingerprint density at radius 2 is 1.50 bits per heavy atom. The van der Waals surface area contributed by atoms with E-state index < -0.39 is 10.0 Å². The van der Waals surface area contributed by atoms with Gasteiger partial charge in [0.25, 0.3) is 10.0 Å². The summed E-state index contributed by atoms with van der Waals surface area (Å²) in [6, 6.07) is 21.1. The van der Waals surface area contributed by atoms with Gasteiger partial charge in [-0.3, -0.25) is 4.31 Å². The molecule has 1 aliphatic carbocycles. The van der Waals surface area contributed by atoms with Crippen LogP contribution < -0.4 is 32.6 Å². The normalized spacial score (nSPS) is 14.3. The third kappa shape index (κ3) is 10.7. The van der Waals surface area contributed by atoms with Crippen LogP contribution in [0.25, 0.3) is 0 Å². The van der Waals surface area contributed by atoms with Crippen molar-refractivity contribution in [3.8, 4) is 5.75 Å². The number of phenolic OH excluding ortho intramolecular Hbond substituents is 1. The molecule has 284 valence electrons. The smallest absolute Gasteiger partial charge is 0.264 e. The molecule has 1 aliphatic heterocycles. The number of benzene rings is 3. The Kier molecular flexibility index (Phi) is 18.1. The Bertz CT molecular complexity index is 1670. The highest BCUT2D eigenvalue weighted by Gasteiger charge is 2.27. The second-order valence-corrected chi connectivity index (χ2v) is 13.7. The number of hydrogen-bond acceptors (Lipinski definition) is 11. The zero-order chi connectivity index (χ0) is 32.5. The van der Waals surface area contributed by atoms with E-state index in [1.54, 1.807) is 36.4 Å². The van der Waals surface area contributed by atoms with Crippen LogP contribution in [0.15, 0.2) is 77.7 Å². The Morgan fingerprint density at radius 3 is 2.12 bits per heavy atom. The molecule has 0 bridgehead atoms. The number of anilines is 4. The Balaban J connectivity index is -0.00000123. The Hall–Kier alpha value is -4.05. The first-order valence-electron chi connectivity index (χ1n) is 16.2. The molecule has 0 unspecified atom stereocenters. The molecule has 4 aromatic rings. The molecule has 15 heteroatoms. The molecule has 6 rings (SSSR count). The van der Waals surface area contributed by atoms with Gasteiger partial charge in [0.15, 0.2) is 0 Å². The van der Waals surface area contributed by atoms with Gasteiger partial charge in [-0.25, -0.2) is 8.42 Å². The van der Waals surface area contributed by atoms with Gasteiger partial charge in [-0.1, -0.05) is 67.3 Å². The number of aryl methyl sites for hydroxylation is 1. The molecule has 0 radical (unpaired) electrons. The standard InChI is InChI=1S/C34H40N6O3S.CH5N.ClH.2H3N.H2O.4H2/c1-25-15-18-29(19-16-25)44(42,43)40(24-26-11-5-2-6-12-26)28-17-20-30(31(41)23-28)35-33-36-32(27-13-7-3-8-14-27)37-34(38-33)39-21-9-4-10-22-39;1-2;;;;;;;;/h2,5-6,11-12,15-20,23,27,41H,3-4,7-10,13-14,21-22,24H2,1H3,(H,35,36,37,38);2H2,1H3;1H;2*1H3;1H2;4*1H. The van der Waals surface area contributed by atoms with Crippen molar-refractivity contribution in [1.82, 2.24) is 27.3 Å². The minimum absolute atomic E-state index is 0. The third-order valence-corrected chi connectivity index (χ3v) is 10.3. The number of sulfonamides is 1. The fourth-order valence-corrected chi connectivity index (χ4v) is 7.46. The molecule has 1 saturated carbocycles. The molecular weight excluding hydrogens is 678 g/mol. The van der Waals surface area contributed by atoms with Gasteiger partial charge in [-0.05, 0) is 75.9 Å². The molecule has 1 aromatic heterocycles. The number of phenols is 1. The van der Waals surface area contributed by atoms with Crippen LogP contribution in [-0.2, 0) is 16.6 Å². The van der Waals surface area contributed by atoms with Crippen molar-refractivity contribution in [1.29, 1.82) is 0 Å². The molecule has 0 atom stereocenters. The Labute approximate surface area is 308 Å². The summed E-state index contributed by atoms with van der Waals surface area (Å²) < 4.78 is 29.1. The lowest BCUT2D eigenvalue weighted by molar-refractivity contribution is 0.427. The van der Waals surface area contributed by atoms with Gasteiger partial charge in [-0.15, -0.1) is 12.4 Å². The van der Waals surface area contributed by atoms with E-state index in [-0.39, 0.29) is 53.1 Å². The van der Waals surface area contributed by atoms with Crippen molar-refractivity contribution in [2.45, 2.75) is 75.6 Å². The minimum atomic E-state index is -3.93. The average molecular weight is 740 g/mol. The molecule has 0 spiro atoms. The van der Waals surface area contributed by atoms with Gasteiger partial charge in [0, 0.05) is 30.8 Å². The van der Waals surface area contributed by atoms with Crippen LogP contribution in [0.2, 0.25) is 0 Å².